The third-order valence-corrected chi connectivity index (χ3v) is 3.29. The minimum atomic E-state index is -1.52. The Morgan fingerprint density at radius 3 is 2.35 bits per heavy atom. The second kappa shape index (κ2) is 7.68. The fourth-order valence-corrected chi connectivity index (χ4v) is 2.57. The first-order valence-electron chi connectivity index (χ1n) is 5.41. The number of amides is 2. The van der Waals surface area contributed by atoms with Crippen molar-refractivity contribution in [2.75, 3.05) is 11.9 Å². The van der Waals surface area contributed by atoms with Crippen molar-refractivity contribution >= 4 is 56.8 Å². The average Bonchev–Trinajstić information content (AvgIpc) is 2.33. The number of rotatable bonds is 5. The molecule has 0 aliphatic carbocycles. The molecule has 0 aliphatic rings. The van der Waals surface area contributed by atoms with E-state index >= 15 is 0 Å². The van der Waals surface area contributed by atoms with Crippen LogP contribution < -0.4 is 10.6 Å². The van der Waals surface area contributed by atoms with E-state index in [1.54, 1.807) is 12.1 Å². The summed E-state index contributed by atoms with van der Waals surface area (Å²) >= 11 is 15.1. The van der Waals surface area contributed by atoms with Crippen molar-refractivity contribution < 1.29 is 19.8 Å². The van der Waals surface area contributed by atoms with Gasteiger partial charge in [-0.25, -0.2) is 9.59 Å². The number of carboxylic acid groups (broad SMARTS) is 1. The second-order valence-corrected chi connectivity index (χ2v) is 5.50. The highest BCUT2D eigenvalue weighted by atomic mass is 79.9. The van der Waals surface area contributed by atoms with Gasteiger partial charge in [-0.2, -0.15) is 0 Å². The Labute approximate surface area is 133 Å². The topological polar surface area (TPSA) is 98.7 Å². The summed E-state index contributed by atoms with van der Waals surface area (Å²) in [6, 6.07) is 2.53. The number of carboxylic acids is 1. The number of hydrogen-bond acceptors (Lipinski definition) is 3. The van der Waals surface area contributed by atoms with Crippen molar-refractivity contribution in [3.05, 3.63) is 26.7 Å². The third-order valence-electron chi connectivity index (χ3n) is 2.23. The molecule has 1 rings (SSSR count). The molecule has 1 atom stereocenters. The number of aliphatic hydroxyl groups is 1. The molecular formula is C11H11BrCl2N2O4. The lowest BCUT2D eigenvalue weighted by molar-refractivity contribution is -0.146. The molecule has 0 saturated carbocycles. The fourth-order valence-electron chi connectivity index (χ4n) is 1.27. The molecule has 110 valence electrons. The van der Waals surface area contributed by atoms with Crippen LogP contribution in [0.1, 0.15) is 6.42 Å². The van der Waals surface area contributed by atoms with Crippen molar-refractivity contribution in [1.82, 2.24) is 5.32 Å². The highest BCUT2D eigenvalue weighted by Crippen LogP contribution is 2.33. The minimum Gasteiger partial charge on any atom is -0.479 e. The van der Waals surface area contributed by atoms with Crippen molar-refractivity contribution in [2.45, 2.75) is 12.5 Å². The second-order valence-electron chi connectivity index (χ2n) is 3.77. The summed E-state index contributed by atoms with van der Waals surface area (Å²) in [5.74, 6) is -1.34. The van der Waals surface area contributed by atoms with Gasteiger partial charge >= 0.3 is 12.0 Å². The quantitative estimate of drug-likeness (QED) is 0.626. The summed E-state index contributed by atoms with van der Waals surface area (Å²) in [5.41, 5.74) is 0.243. The SMILES string of the molecule is O=C(NCC[C@H](O)C(=O)O)Nc1c(Cl)cc(Br)cc1Cl. The number of aliphatic hydroxyl groups excluding tert-OH is 1. The molecule has 9 heteroatoms. The summed E-state index contributed by atoms with van der Waals surface area (Å²) in [7, 11) is 0. The highest BCUT2D eigenvalue weighted by Gasteiger charge is 2.14. The van der Waals surface area contributed by atoms with Crippen LogP contribution >= 0.6 is 39.1 Å². The van der Waals surface area contributed by atoms with Gasteiger partial charge in [-0.15, -0.1) is 0 Å². The van der Waals surface area contributed by atoms with Crippen LogP contribution in [0.5, 0.6) is 0 Å². The van der Waals surface area contributed by atoms with Crippen LogP contribution in [0.2, 0.25) is 10.0 Å². The Morgan fingerprint density at radius 2 is 1.85 bits per heavy atom. The number of aliphatic carboxylic acids is 1. The molecule has 2 amide bonds. The summed E-state index contributed by atoms with van der Waals surface area (Å²) in [5, 5.41) is 22.8. The number of hydrogen-bond donors (Lipinski definition) is 4. The maximum atomic E-state index is 11.6. The van der Waals surface area contributed by atoms with Crippen LogP contribution in [0.15, 0.2) is 16.6 Å². The van der Waals surface area contributed by atoms with Gasteiger partial charge in [-0.1, -0.05) is 39.1 Å². The normalized spacial score (nSPS) is 11.8. The molecule has 0 spiro atoms. The molecule has 0 aliphatic heterocycles. The van der Waals surface area contributed by atoms with E-state index < -0.39 is 18.1 Å². The van der Waals surface area contributed by atoms with Crippen molar-refractivity contribution in [1.29, 1.82) is 0 Å². The average molecular weight is 386 g/mol. The minimum absolute atomic E-state index is 0.00886. The zero-order valence-corrected chi connectivity index (χ0v) is 13.1. The van der Waals surface area contributed by atoms with E-state index in [0.717, 1.165) is 0 Å². The predicted octanol–water partition coefficient (Wildman–Crippen LogP) is 2.71. The molecule has 1 aromatic carbocycles. The van der Waals surface area contributed by atoms with Crippen molar-refractivity contribution in [3.63, 3.8) is 0 Å². The fraction of sp³-hybridized carbons (Fsp3) is 0.273. The number of anilines is 1. The maximum absolute atomic E-state index is 11.6. The van der Waals surface area contributed by atoms with Crippen LogP contribution in [0.3, 0.4) is 0 Å². The van der Waals surface area contributed by atoms with Crippen LogP contribution in [0, 0.1) is 0 Å². The Balaban J connectivity index is 2.53. The van der Waals surface area contributed by atoms with E-state index in [1.165, 1.54) is 0 Å². The van der Waals surface area contributed by atoms with Gasteiger partial charge in [0.25, 0.3) is 0 Å². The van der Waals surface area contributed by atoms with Crippen LogP contribution in [0.25, 0.3) is 0 Å². The van der Waals surface area contributed by atoms with Crippen molar-refractivity contribution in [3.8, 4) is 0 Å². The number of benzene rings is 1. The zero-order valence-electron chi connectivity index (χ0n) is 9.99. The first kappa shape index (κ1) is 17.0. The lowest BCUT2D eigenvalue weighted by Crippen LogP contribution is -2.33. The van der Waals surface area contributed by atoms with E-state index in [4.69, 9.17) is 33.4 Å². The lowest BCUT2D eigenvalue weighted by Gasteiger charge is -2.11. The van der Waals surface area contributed by atoms with Gasteiger partial charge in [0.05, 0.1) is 15.7 Å². The Kier molecular flexibility index (Phi) is 6.54. The number of carbonyl (C=O) groups excluding carboxylic acids is 1. The number of nitrogens with one attached hydrogen (secondary N) is 2. The van der Waals surface area contributed by atoms with Crippen LogP contribution in [0.4, 0.5) is 10.5 Å². The standard InChI is InChI=1S/C11H11BrCl2N2O4/c12-5-3-6(13)9(7(14)4-5)16-11(20)15-2-1-8(17)10(18)19/h3-4,8,17H,1-2H2,(H,18,19)(H2,15,16,20)/t8-/m0/s1. The molecule has 1 aromatic rings. The van der Waals surface area contributed by atoms with Gasteiger partial charge in [0.15, 0.2) is 6.10 Å². The van der Waals surface area contributed by atoms with Gasteiger partial charge in [0, 0.05) is 17.4 Å². The maximum Gasteiger partial charge on any atom is 0.332 e. The molecule has 0 saturated heterocycles. The molecule has 0 unspecified atom stereocenters. The Morgan fingerprint density at radius 1 is 1.30 bits per heavy atom. The van der Waals surface area contributed by atoms with E-state index in [2.05, 4.69) is 26.6 Å². The smallest absolute Gasteiger partial charge is 0.332 e. The lowest BCUT2D eigenvalue weighted by atomic mass is 10.2. The van der Waals surface area contributed by atoms with Crippen LogP contribution in [-0.2, 0) is 4.79 Å². The molecule has 4 N–H and O–H groups in total. The zero-order chi connectivity index (χ0) is 15.3. The number of urea groups is 1. The van der Waals surface area contributed by atoms with Crippen molar-refractivity contribution in [2.24, 2.45) is 0 Å². The highest BCUT2D eigenvalue weighted by molar-refractivity contribution is 9.10. The van der Waals surface area contributed by atoms with Gasteiger partial charge in [0.1, 0.15) is 0 Å². The van der Waals surface area contributed by atoms with Gasteiger partial charge < -0.3 is 20.8 Å². The van der Waals surface area contributed by atoms with Crippen LogP contribution in [-0.4, -0.2) is 34.9 Å². The first-order valence-corrected chi connectivity index (χ1v) is 6.96. The molecule has 20 heavy (non-hydrogen) atoms. The van der Waals surface area contributed by atoms with E-state index in [1.807, 2.05) is 0 Å². The summed E-state index contributed by atoms with van der Waals surface area (Å²) in [6.45, 7) is -0.00886. The third kappa shape index (κ3) is 5.16. The summed E-state index contributed by atoms with van der Waals surface area (Å²) in [4.78, 5) is 21.9. The monoisotopic (exact) mass is 384 g/mol. The van der Waals surface area contributed by atoms with E-state index in [-0.39, 0.29) is 28.7 Å². The Hall–Kier alpha value is -1.02. The largest absolute Gasteiger partial charge is 0.479 e. The van der Waals surface area contributed by atoms with Gasteiger partial charge in [0.2, 0.25) is 0 Å². The number of carbonyl (C=O) groups is 2. The first-order chi connectivity index (χ1) is 9.31. The molecular weight excluding hydrogens is 375 g/mol. The van der Waals surface area contributed by atoms with E-state index in [0.29, 0.717) is 4.47 Å². The summed E-state index contributed by atoms with van der Waals surface area (Å²) in [6.07, 6.45) is -1.62. The molecule has 0 radical (unpaired) electrons. The molecule has 0 fully saturated rings. The molecule has 0 heterocycles. The number of halogens is 3. The van der Waals surface area contributed by atoms with Gasteiger partial charge in [-0.05, 0) is 12.1 Å². The van der Waals surface area contributed by atoms with E-state index in [9.17, 15) is 9.59 Å². The molecule has 6 nitrogen and oxygen atoms in total. The predicted molar refractivity (Wildman–Crippen MR) is 79.4 cm³/mol. The molecule has 0 aromatic heterocycles. The Bertz CT molecular complexity index is 504. The molecule has 0 bridgehead atoms. The van der Waals surface area contributed by atoms with Gasteiger partial charge in [-0.3, -0.25) is 0 Å². The summed E-state index contributed by atoms with van der Waals surface area (Å²) < 4.78 is 0.669.